The third-order valence-electron chi connectivity index (χ3n) is 6.59. The molecule has 2 aromatic carbocycles. The molecule has 5 aromatic rings. The van der Waals surface area contributed by atoms with Crippen molar-refractivity contribution >= 4 is 22.5 Å². The molecule has 1 N–H and O–H groups in total. The van der Waals surface area contributed by atoms with E-state index < -0.39 is 6.04 Å². The van der Waals surface area contributed by atoms with Gasteiger partial charge in [0, 0.05) is 29.8 Å². The van der Waals surface area contributed by atoms with E-state index in [0.29, 0.717) is 42.7 Å². The number of aromatic nitrogens is 5. The summed E-state index contributed by atoms with van der Waals surface area (Å²) in [5.74, 6) is 1.26. The molecule has 38 heavy (non-hydrogen) atoms. The molecule has 0 saturated carbocycles. The lowest BCUT2D eigenvalue weighted by Crippen LogP contribution is -2.35. The van der Waals surface area contributed by atoms with Gasteiger partial charge in [-0.2, -0.15) is 0 Å². The molecule has 0 fully saturated rings. The maximum Gasteiger partial charge on any atom is 0.253 e. The van der Waals surface area contributed by atoms with E-state index in [4.69, 9.17) is 20.8 Å². The van der Waals surface area contributed by atoms with Crippen molar-refractivity contribution < 1.29 is 9.15 Å². The first-order valence-corrected chi connectivity index (χ1v) is 12.9. The van der Waals surface area contributed by atoms with Crippen LogP contribution in [0.5, 0.6) is 0 Å². The second-order valence-corrected chi connectivity index (χ2v) is 9.47. The zero-order valence-corrected chi connectivity index (χ0v) is 22.1. The van der Waals surface area contributed by atoms with Crippen LogP contribution in [0.3, 0.4) is 0 Å². The van der Waals surface area contributed by atoms with Crippen LogP contribution in [0.2, 0.25) is 5.02 Å². The van der Waals surface area contributed by atoms with E-state index in [-0.39, 0.29) is 5.56 Å². The summed E-state index contributed by atoms with van der Waals surface area (Å²) in [6, 6.07) is 18.8. The van der Waals surface area contributed by atoms with E-state index in [2.05, 4.69) is 38.4 Å². The van der Waals surface area contributed by atoms with Crippen LogP contribution in [0.4, 0.5) is 0 Å². The molecule has 0 radical (unpaired) electrons. The smallest absolute Gasteiger partial charge is 0.253 e. The Labute approximate surface area is 225 Å². The molecule has 5 rings (SSSR count). The quantitative estimate of drug-likeness (QED) is 0.261. The number of halogens is 1. The van der Waals surface area contributed by atoms with Gasteiger partial charge in [0.25, 0.3) is 5.56 Å². The van der Waals surface area contributed by atoms with Gasteiger partial charge >= 0.3 is 0 Å². The van der Waals surface area contributed by atoms with E-state index in [1.165, 1.54) is 5.56 Å². The van der Waals surface area contributed by atoms with Crippen LogP contribution < -0.4 is 5.56 Å². The first-order valence-electron chi connectivity index (χ1n) is 12.5. The van der Waals surface area contributed by atoms with E-state index in [9.17, 15) is 4.79 Å². The maximum absolute atomic E-state index is 13.6. The van der Waals surface area contributed by atoms with Gasteiger partial charge in [-0.3, -0.25) is 9.69 Å². The number of benzene rings is 2. The van der Waals surface area contributed by atoms with Gasteiger partial charge < -0.3 is 14.1 Å². The third-order valence-corrected chi connectivity index (χ3v) is 6.96. The van der Waals surface area contributed by atoms with E-state index in [1.54, 1.807) is 18.1 Å². The number of methoxy groups -OCH3 is 1. The normalized spacial score (nSPS) is 12.4. The molecule has 0 aliphatic carbocycles. The number of ether oxygens (including phenoxy) is 1. The zero-order chi connectivity index (χ0) is 26.5. The van der Waals surface area contributed by atoms with Crippen molar-refractivity contribution in [3.8, 4) is 0 Å². The highest BCUT2D eigenvalue weighted by Crippen LogP contribution is 2.31. The van der Waals surface area contributed by atoms with Crippen molar-refractivity contribution in [2.75, 3.05) is 13.7 Å². The lowest BCUT2D eigenvalue weighted by Gasteiger charge is -2.30. The number of tetrazole rings is 1. The summed E-state index contributed by atoms with van der Waals surface area (Å²) >= 11 is 6.59. The number of H-pyrrole nitrogens is 1. The topological polar surface area (TPSA) is 102 Å². The predicted molar refractivity (Wildman–Crippen MR) is 145 cm³/mol. The fraction of sp³-hybridized carbons (Fsp3) is 0.286. The minimum absolute atomic E-state index is 0.211. The van der Waals surface area contributed by atoms with Crippen LogP contribution in [0.15, 0.2) is 76.1 Å². The molecular formula is C28H29ClN6O3. The van der Waals surface area contributed by atoms with Crippen molar-refractivity contribution in [3.63, 3.8) is 0 Å². The van der Waals surface area contributed by atoms with Crippen molar-refractivity contribution in [2.24, 2.45) is 0 Å². The molecule has 3 aromatic heterocycles. The lowest BCUT2D eigenvalue weighted by molar-refractivity contribution is 0.163. The molecule has 0 aliphatic heterocycles. The predicted octanol–water partition coefficient (Wildman–Crippen LogP) is 4.76. The Hall–Kier alpha value is -3.79. The van der Waals surface area contributed by atoms with Gasteiger partial charge in [0.2, 0.25) is 0 Å². The molecular weight excluding hydrogens is 504 g/mol. The highest BCUT2D eigenvalue weighted by molar-refractivity contribution is 6.31. The molecule has 10 heteroatoms. The number of pyridine rings is 1. The highest BCUT2D eigenvalue weighted by atomic mass is 35.5. The Morgan fingerprint density at radius 1 is 1.13 bits per heavy atom. The second kappa shape index (κ2) is 11.7. The van der Waals surface area contributed by atoms with Crippen molar-refractivity contribution in [3.05, 3.63) is 111 Å². The van der Waals surface area contributed by atoms with Gasteiger partial charge in [0.15, 0.2) is 5.82 Å². The number of aryl methyl sites for hydroxylation is 1. The number of hydrogen-bond acceptors (Lipinski definition) is 7. The molecule has 9 nitrogen and oxygen atoms in total. The van der Waals surface area contributed by atoms with Gasteiger partial charge in [-0.1, -0.05) is 42.8 Å². The molecule has 0 saturated heterocycles. The average Bonchev–Trinajstić information content (AvgIpc) is 3.61. The van der Waals surface area contributed by atoms with Gasteiger partial charge in [0.1, 0.15) is 11.8 Å². The third kappa shape index (κ3) is 5.55. The standard InChI is InChI=1S/C28H29ClN6O3/c1-3-19-10-11-25-21(15-19)16-23(28(36)30-25)26(27-31-32-33-35(27)12-14-37-2)34(18-22-8-6-13-38-22)17-20-7-4-5-9-24(20)29/h4-11,13,15-16,26H,3,12,14,17-18H2,1-2H3,(H,30,36)/t26-/m1/s1. The average molecular weight is 533 g/mol. The Bertz CT molecular complexity index is 1560. The van der Waals surface area contributed by atoms with Crippen LogP contribution in [0, 0.1) is 0 Å². The fourth-order valence-electron chi connectivity index (χ4n) is 4.63. The first kappa shape index (κ1) is 25.8. The minimum Gasteiger partial charge on any atom is -0.468 e. The van der Waals surface area contributed by atoms with Crippen LogP contribution >= 0.6 is 11.6 Å². The minimum atomic E-state index is -0.610. The molecule has 0 bridgehead atoms. The van der Waals surface area contributed by atoms with E-state index >= 15 is 0 Å². The van der Waals surface area contributed by atoms with Crippen molar-refractivity contribution in [2.45, 2.75) is 39.0 Å². The first-order chi connectivity index (χ1) is 18.6. The summed E-state index contributed by atoms with van der Waals surface area (Å²) in [7, 11) is 1.63. The molecule has 0 spiro atoms. The molecule has 196 valence electrons. The molecule has 1 atom stereocenters. The Morgan fingerprint density at radius 2 is 2.00 bits per heavy atom. The molecule has 0 aliphatic rings. The van der Waals surface area contributed by atoms with Crippen LogP contribution in [0.25, 0.3) is 10.9 Å². The molecule has 0 unspecified atom stereocenters. The van der Waals surface area contributed by atoms with Crippen LogP contribution in [-0.2, 0) is 30.8 Å². The number of aromatic amines is 1. The van der Waals surface area contributed by atoms with Gasteiger partial charge in [0.05, 0.1) is 26.0 Å². The Morgan fingerprint density at radius 3 is 2.76 bits per heavy atom. The number of hydrogen-bond donors (Lipinski definition) is 1. The largest absolute Gasteiger partial charge is 0.468 e. The number of nitrogens with one attached hydrogen (secondary N) is 1. The summed E-state index contributed by atoms with van der Waals surface area (Å²) < 4.78 is 12.7. The van der Waals surface area contributed by atoms with E-state index in [0.717, 1.165) is 28.6 Å². The summed E-state index contributed by atoms with van der Waals surface area (Å²) in [5.41, 5.74) is 3.18. The Kier molecular flexibility index (Phi) is 7.97. The maximum atomic E-state index is 13.6. The number of furan rings is 1. The van der Waals surface area contributed by atoms with Crippen LogP contribution in [0.1, 0.15) is 41.2 Å². The summed E-state index contributed by atoms with van der Waals surface area (Å²) in [4.78, 5) is 18.8. The molecule has 0 amide bonds. The van der Waals surface area contributed by atoms with Crippen molar-refractivity contribution in [1.29, 1.82) is 0 Å². The van der Waals surface area contributed by atoms with Crippen LogP contribution in [-0.4, -0.2) is 43.8 Å². The Balaban J connectivity index is 1.70. The van der Waals surface area contributed by atoms with Gasteiger partial charge in [-0.15, -0.1) is 5.10 Å². The summed E-state index contributed by atoms with van der Waals surface area (Å²) in [5, 5.41) is 14.2. The van der Waals surface area contributed by atoms with E-state index in [1.807, 2.05) is 54.6 Å². The van der Waals surface area contributed by atoms with Gasteiger partial charge in [-0.25, -0.2) is 4.68 Å². The number of nitrogens with zero attached hydrogens (tertiary/aromatic N) is 5. The lowest BCUT2D eigenvalue weighted by atomic mass is 10.0. The monoisotopic (exact) mass is 532 g/mol. The zero-order valence-electron chi connectivity index (χ0n) is 21.3. The number of fused-ring (bicyclic) bond motifs is 1. The van der Waals surface area contributed by atoms with Crippen molar-refractivity contribution in [1.82, 2.24) is 30.1 Å². The van der Waals surface area contributed by atoms with Gasteiger partial charge in [-0.05, 0) is 69.8 Å². The molecule has 3 heterocycles. The fourth-order valence-corrected chi connectivity index (χ4v) is 4.82. The second-order valence-electron chi connectivity index (χ2n) is 9.06. The SMILES string of the molecule is CCc1ccc2[nH]c(=O)c([C@H](c3nnnn3CCOC)N(Cc3ccco3)Cc3ccccc3Cl)cc2c1. The highest BCUT2D eigenvalue weighted by Gasteiger charge is 2.31. The summed E-state index contributed by atoms with van der Waals surface area (Å²) in [6.07, 6.45) is 2.52. The number of rotatable bonds is 11. The summed E-state index contributed by atoms with van der Waals surface area (Å²) in [6.45, 7) is 3.78.